The van der Waals surface area contributed by atoms with Crippen LogP contribution < -0.4 is 10.1 Å². The quantitative estimate of drug-likeness (QED) is 0.437. The van der Waals surface area contributed by atoms with Crippen LogP contribution in [0.15, 0.2) is 53.0 Å². The Morgan fingerprint density at radius 3 is 2.88 bits per heavy atom. The van der Waals surface area contributed by atoms with Crippen molar-refractivity contribution in [3.05, 3.63) is 74.3 Å². The molecule has 0 spiro atoms. The van der Waals surface area contributed by atoms with E-state index >= 15 is 0 Å². The summed E-state index contributed by atoms with van der Waals surface area (Å²) in [5.74, 6) is 0.949. The van der Waals surface area contributed by atoms with Crippen LogP contribution >= 0.6 is 15.9 Å². The van der Waals surface area contributed by atoms with E-state index in [1.807, 2.05) is 12.1 Å². The van der Waals surface area contributed by atoms with Gasteiger partial charge in [-0.25, -0.2) is 0 Å². The normalized spacial score (nSPS) is 23.5. The van der Waals surface area contributed by atoms with E-state index in [0.29, 0.717) is 11.8 Å². The van der Waals surface area contributed by atoms with Gasteiger partial charge in [0.1, 0.15) is 0 Å². The number of anilines is 1. The van der Waals surface area contributed by atoms with Gasteiger partial charge in [0.2, 0.25) is 0 Å². The molecule has 0 radical (unpaired) electrons. The SMILES string of the molecule is COc1ccc(C2Nc3ccc(Br)cc3C3C=CCC32)cc1[N+](=O)[O-]. The Morgan fingerprint density at radius 2 is 2.12 bits per heavy atom. The summed E-state index contributed by atoms with van der Waals surface area (Å²) in [4.78, 5) is 11.0. The van der Waals surface area contributed by atoms with Crippen LogP contribution in [0.4, 0.5) is 11.4 Å². The summed E-state index contributed by atoms with van der Waals surface area (Å²) < 4.78 is 6.19. The molecular weight excluding hydrogens is 384 g/mol. The highest BCUT2D eigenvalue weighted by Gasteiger charge is 2.38. The Labute approximate surface area is 154 Å². The number of nitro benzene ring substituents is 1. The van der Waals surface area contributed by atoms with Gasteiger partial charge < -0.3 is 10.1 Å². The molecule has 0 bridgehead atoms. The molecule has 3 unspecified atom stereocenters. The molecule has 1 N–H and O–H groups in total. The van der Waals surface area contributed by atoms with Crippen molar-refractivity contribution in [2.75, 3.05) is 12.4 Å². The fourth-order valence-corrected chi connectivity index (χ4v) is 4.32. The highest BCUT2D eigenvalue weighted by molar-refractivity contribution is 9.10. The zero-order valence-corrected chi connectivity index (χ0v) is 15.2. The van der Waals surface area contributed by atoms with Gasteiger partial charge in [0.25, 0.3) is 0 Å². The van der Waals surface area contributed by atoms with Crippen molar-refractivity contribution in [3.63, 3.8) is 0 Å². The third-order valence-electron chi connectivity index (χ3n) is 5.08. The first kappa shape index (κ1) is 16.1. The van der Waals surface area contributed by atoms with Crippen LogP contribution in [0.25, 0.3) is 0 Å². The molecule has 0 fully saturated rings. The van der Waals surface area contributed by atoms with Crippen molar-refractivity contribution in [2.24, 2.45) is 5.92 Å². The number of ether oxygens (including phenoxy) is 1. The average Bonchev–Trinajstić information content (AvgIpc) is 3.10. The molecule has 4 rings (SSSR count). The monoisotopic (exact) mass is 400 g/mol. The number of benzene rings is 2. The minimum Gasteiger partial charge on any atom is -0.490 e. The summed E-state index contributed by atoms with van der Waals surface area (Å²) in [5, 5.41) is 15.0. The smallest absolute Gasteiger partial charge is 0.311 e. The van der Waals surface area contributed by atoms with Gasteiger partial charge in [-0.15, -0.1) is 0 Å². The Kier molecular flexibility index (Phi) is 4.00. The van der Waals surface area contributed by atoms with Crippen molar-refractivity contribution in [1.29, 1.82) is 0 Å². The van der Waals surface area contributed by atoms with E-state index in [1.54, 1.807) is 12.1 Å². The maximum atomic E-state index is 11.4. The summed E-state index contributed by atoms with van der Waals surface area (Å²) in [6.07, 6.45) is 5.41. The Bertz CT molecular complexity index is 881. The van der Waals surface area contributed by atoms with E-state index in [0.717, 1.165) is 22.1 Å². The number of rotatable bonds is 3. The molecule has 1 aliphatic heterocycles. The maximum absolute atomic E-state index is 11.4. The standard InChI is InChI=1S/C19H17BrN2O3/c1-25-18-8-5-11(9-17(18)22(23)24)19-14-4-2-3-13(14)15-10-12(20)6-7-16(15)21-19/h2-3,5-10,13-14,19,21H,4H2,1H3. The number of fused-ring (bicyclic) bond motifs is 3. The molecule has 0 amide bonds. The van der Waals surface area contributed by atoms with E-state index in [1.165, 1.54) is 12.7 Å². The molecule has 25 heavy (non-hydrogen) atoms. The Balaban J connectivity index is 1.78. The number of methoxy groups -OCH3 is 1. The minimum atomic E-state index is -0.388. The highest BCUT2D eigenvalue weighted by Crippen LogP contribution is 2.50. The van der Waals surface area contributed by atoms with Crippen molar-refractivity contribution < 1.29 is 9.66 Å². The fraction of sp³-hybridized carbons (Fsp3) is 0.263. The molecule has 1 heterocycles. The summed E-state index contributed by atoms with van der Waals surface area (Å²) >= 11 is 3.55. The van der Waals surface area contributed by atoms with E-state index in [-0.39, 0.29) is 22.4 Å². The Morgan fingerprint density at radius 1 is 1.28 bits per heavy atom. The second-order valence-corrected chi connectivity index (χ2v) is 7.31. The van der Waals surface area contributed by atoms with Crippen LogP contribution in [-0.2, 0) is 0 Å². The van der Waals surface area contributed by atoms with Crippen LogP contribution in [-0.4, -0.2) is 12.0 Å². The summed E-state index contributed by atoms with van der Waals surface area (Å²) in [6, 6.07) is 11.5. The van der Waals surface area contributed by atoms with Gasteiger partial charge in [-0.3, -0.25) is 10.1 Å². The number of nitrogens with one attached hydrogen (secondary N) is 1. The van der Waals surface area contributed by atoms with Crippen molar-refractivity contribution in [1.82, 2.24) is 0 Å². The van der Waals surface area contributed by atoms with Gasteiger partial charge in [0.15, 0.2) is 5.75 Å². The molecule has 0 saturated carbocycles. The van der Waals surface area contributed by atoms with Gasteiger partial charge in [-0.2, -0.15) is 0 Å². The molecule has 5 nitrogen and oxygen atoms in total. The van der Waals surface area contributed by atoms with Crippen LogP contribution in [0, 0.1) is 16.0 Å². The van der Waals surface area contributed by atoms with Gasteiger partial charge >= 0.3 is 5.69 Å². The topological polar surface area (TPSA) is 64.4 Å². The molecule has 2 aromatic carbocycles. The zero-order valence-electron chi connectivity index (χ0n) is 13.6. The third-order valence-corrected chi connectivity index (χ3v) is 5.58. The lowest BCUT2D eigenvalue weighted by atomic mass is 9.77. The van der Waals surface area contributed by atoms with Gasteiger partial charge in [0, 0.05) is 22.1 Å². The van der Waals surface area contributed by atoms with Gasteiger partial charge in [-0.05, 0) is 47.7 Å². The summed E-state index contributed by atoms with van der Waals surface area (Å²) in [6.45, 7) is 0. The highest BCUT2D eigenvalue weighted by atomic mass is 79.9. The lowest BCUT2D eigenvalue weighted by Crippen LogP contribution is -2.29. The molecule has 2 aliphatic rings. The molecule has 128 valence electrons. The number of allylic oxidation sites excluding steroid dienone is 2. The molecule has 2 aromatic rings. The van der Waals surface area contributed by atoms with Crippen molar-refractivity contribution in [3.8, 4) is 5.75 Å². The van der Waals surface area contributed by atoms with Crippen LogP contribution in [0.5, 0.6) is 5.75 Å². The second kappa shape index (κ2) is 6.19. The lowest BCUT2D eigenvalue weighted by Gasteiger charge is -2.37. The molecule has 1 aliphatic carbocycles. The van der Waals surface area contributed by atoms with E-state index < -0.39 is 0 Å². The predicted octanol–water partition coefficient (Wildman–Crippen LogP) is 5.19. The molecule has 0 saturated heterocycles. The van der Waals surface area contributed by atoms with E-state index in [4.69, 9.17) is 4.74 Å². The number of halogens is 1. The predicted molar refractivity (Wildman–Crippen MR) is 100 cm³/mol. The largest absolute Gasteiger partial charge is 0.490 e. The van der Waals surface area contributed by atoms with Gasteiger partial charge in [0.05, 0.1) is 18.1 Å². The summed E-state index contributed by atoms with van der Waals surface area (Å²) in [5.41, 5.74) is 3.28. The third kappa shape index (κ3) is 2.70. The fourth-order valence-electron chi connectivity index (χ4n) is 3.94. The zero-order chi connectivity index (χ0) is 17.6. The molecule has 0 aromatic heterocycles. The van der Waals surface area contributed by atoms with Crippen LogP contribution in [0.1, 0.15) is 29.5 Å². The van der Waals surface area contributed by atoms with E-state index in [2.05, 4.69) is 45.5 Å². The number of hydrogen-bond donors (Lipinski definition) is 1. The maximum Gasteiger partial charge on any atom is 0.311 e. The number of hydrogen-bond acceptors (Lipinski definition) is 4. The summed E-state index contributed by atoms with van der Waals surface area (Å²) in [7, 11) is 1.45. The molecule has 3 atom stereocenters. The van der Waals surface area contributed by atoms with Crippen LogP contribution in [0.3, 0.4) is 0 Å². The Hall–Kier alpha value is -2.34. The lowest BCUT2D eigenvalue weighted by molar-refractivity contribution is -0.385. The van der Waals surface area contributed by atoms with Crippen LogP contribution in [0.2, 0.25) is 0 Å². The second-order valence-electron chi connectivity index (χ2n) is 6.40. The molecule has 6 heteroatoms. The minimum absolute atomic E-state index is 0.00547. The molecular formula is C19H17BrN2O3. The van der Waals surface area contributed by atoms with E-state index in [9.17, 15) is 10.1 Å². The average molecular weight is 401 g/mol. The van der Waals surface area contributed by atoms with Crippen molar-refractivity contribution >= 4 is 27.3 Å². The number of nitro groups is 1. The van der Waals surface area contributed by atoms with Gasteiger partial charge in [-0.1, -0.05) is 34.1 Å². The van der Waals surface area contributed by atoms with Crippen molar-refractivity contribution in [2.45, 2.75) is 18.4 Å². The first-order chi connectivity index (χ1) is 12.1. The first-order valence-electron chi connectivity index (χ1n) is 8.13. The number of nitrogens with zero attached hydrogens (tertiary/aromatic N) is 1. The first-order valence-corrected chi connectivity index (χ1v) is 8.93.